The van der Waals surface area contributed by atoms with E-state index in [4.69, 9.17) is 5.26 Å². The Kier molecular flexibility index (Phi) is 2.94. The molecule has 0 aromatic heterocycles. The molecule has 0 unspecified atom stereocenters. The third kappa shape index (κ3) is 2.54. The Morgan fingerprint density at radius 1 is 1.27 bits per heavy atom. The number of nitriles is 1. The summed E-state index contributed by atoms with van der Waals surface area (Å²) in [6, 6.07) is 9.72. The van der Waals surface area contributed by atoms with Gasteiger partial charge in [0.25, 0.3) is 0 Å². The lowest BCUT2D eigenvalue weighted by Gasteiger charge is -2.06. The van der Waals surface area contributed by atoms with Crippen molar-refractivity contribution in [2.24, 2.45) is 4.99 Å². The molecule has 0 fully saturated rings. The molecule has 2 nitrogen and oxygen atoms in total. The molecule has 0 saturated heterocycles. The second-order valence-electron chi connectivity index (χ2n) is 3.59. The minimum atomic E-state index is 0.703. The Bertz CT molecular complexity index is 433. The van der Waals surface area contributed by atoms with Crippen molar-refractivity contribution in [2.75, 3.05) is 6.54 Å². The van der Waals surface area contributed by atoms with E-state index in [9.17, 15) is 0 Å². The number of nitrogens with zero attached hydrogens (tertiary/aromatic N) is 2. The van der Waals surface area contributed by atoms with Gasteiger partial charge in [0.1, 0.15) is 0 Å². The zero-order valence-corrected chi connectivity index (χ0v) is 8.48. The van der Waals surface area contributed by atoms with E-state index in [1.165, 1.54) is 5.57 Å². The van der Waals surface area contributed by atoms with E-state index >= 15 is 0 Å². The van der Waals surface area contributed by atoms with Crippen LogP contribution in [0.4, 0.5) is 0 Å². The zero-order chi connectivity index (χ0) is 10.5. The Morgan fingerprint density at radius 2 is 2.07 bits per heavy atom. The molecule has 0 bridgehead atoms. The molecular weight excluding hydrogens is 184 g/mol. The summed E-state index contributed by atoms with van der Waals surface area (Å²) in [7, 11) is 0. The van der Waals surface area contributed by atoms with Crippen molar-refractivity contribution in [1.82, 2.24) is 0 Å². The van der Waals surface area contributed by atoms with Crippen LogP contribution < -0.4 is 0 Å². The number of allylic oxidation sites excluding steroid dienone is 1. The standard InChI is InChI=1S/C13H12N2/c14-9-12-5-3-11(4-6-12)8-13-2-1-7-15-10-13/h3-6,8,10H,1-2,7H2/b13-8-. The molecule has 2 heteroatoms. The van der Waals surface area contributed by atoms with Gasteiger partial charge in [-0.2, -0.15) is 5.26 Å². The van der Waals surface area contributed by atoms with Gasteiger partial charge in [-0.1, -0.05) is 18.2 Å². The van der Waals surface area contributed by atoms with Gasteiger partial charge in [0.2, 0.25) is 0 Å². The number of hydrogen-bond donors (Lipinski definition) is 0. The molecule has 15 heavy (non-hydrogen) atoms. The maximum Gasteiger partial charge on any atom is 0.0991 e. The molecule has 1 aliphatic rings. The third-order valence-corrected chi connectivity index (χ3v) is 2.40. The van der Waals surface area contributed by atoms with Gasteiger partial charge in [-0.25, -0.2) is 0 Å². The topological polar surface area (TPSA) is 36.1 Å². The van der Waals surface area contributed by atoms with Crippen molar-refractivity contribution in [3.05, 3.63) is 41.0 Å². The highest BCUT2D eigenvalue weighted by atomic mass is 14.7. The SMILES string of the molecule is N#Cc1ccc(/C=C2\C=NCCC2)cc1. The predicted molar refractivity (Wildman–Crippen MR) is 61.7 cm³/mol. The fourth-order valence-electron chi connectivity index (χ4n) is 1.60. The zero-order valence-electron chi connectivity index (χ0n) is 8.48. The second kappa shape index (κ2) is 4.56. The third-order valence-electron chi connectivity index (χ3n) is 2.40. The fourth-order valence-corrected chi connectivity index (χ4v) is 1.60. The normalized spacial score (nSPS) is 17.7. The van der Waals surface area contributed by atoms with Gasteiger partial charge < -0.3 is 0 Å². The van der Waals surface area contributed by atoms with Crippen molar-refractivity contribution >= 4 is 12.3 Å². The van der Waals surface area contributed by atoms with Crippen molar-refractivity contribution in [3.8, 4) is 6.07 Å². The molecule has 1 aliphatic heterocycles. The van der Waals surface area contributed by atoms with Gasteiger partial charge in [0.15, 0.2) is 0 Å². The van der Waals surface area contributed by atoms with Crippen LogP contribution in [0.15, 0.2) is 34.8 Å². The maximum atomic E-state index is 8.66. The monoisotopic (exact) mass is 196 g/mol. The smallest absolute Gasteiger partial charge is 0.0991 e. The summed E-state index contributed by atoms with van der Waals surface area (Å²) in [4.78, 5) is 4.24. The van der Waals surface area contributed by atoms with E-state index in [1.54, 1.807) is 0 Å². The first-order valence-corrected chi connectivity index (χ1v) is 5.09. The average Bonchev–Trinajstić information content (AvgIpc) is 2.31. The largest absolute Gasteiger partial charge is 0.293 e. The van der Waals surface area contributed by atoms with Crippen LogP contribution in [0, 0.1) is 11.3 Å². The fraction of sp³-hybridized carbons (Fsp3) is 0.231. The van der Waals surface area contributed by atoms with Gasteiger partial charge in [0, 0.05) is 12.8 Å². The van der Waals surface area contributed by atoms with E-state index in [2.05, 4.69) is 17.1 Å². The molecule has 0 amide bonds. The van der Waals surface area contributed by atoms with Crippen molar-refractivity contribution in [3.63, 3.8) is 0 Å². The van der Waals surface area contributed by atoms with Gasteiger partial charge in [-0.05, 0) is 36.1 Å². The van der Waals surface area contributed by atoms with Crippen molar-refractivity contribution < 1.29 is 0 Å². The first-order chi connectivity index (χ1) is 7.38. The maximum absolute atomic E-state index is 8.66. The summed E-state index contributed by atoms with van der Waals surface area (Å²) in [6.07, 6.45) is 6.31. The van der Waals surface area contributed by atoms with E-state index in [1.807, 2.05) is 30.5 Å². The van der Waals surface area contributed by atoms with E-state index in [0.717, 1.165) is 24.9 Å². The summed E-state index contributed by atoms with van der Waals surface area (Å²) >= 11 is 0. The van der Waals surface area contributed by atoms with Crippen molar-refractivity contribution in [1.29, 1.82) is 5.26 Å². The van der Waals surface area contributed by atoms with Crippen LogP contribution in [0.1, 0.15) is 24.0 Å². The second-order valence-corrected chi connectivity index (χ2v) is 3.59. The Labute approximate surface area is 89.6 Å². The van der Waals surface area contributed by atoms with E-state index < -0.39 is 0 Å². The minimum absolute atomic E-state index is 0.703. The highest BCUT2D eigenvalue weighted by Gasteiger charge is 1.99. The van der Waals surface area contributed by atoms with E-state index in [-0.39, 0.29) is 0 Å². The number of hydrogen-bond acceptors (Lipinski definition) is 2. The molecule has 0 saturated carbocycles. The number of benzene rings is 1. The molecule has 0 N–H and O–H groups in total. The van der Waals surface area contributed by atoms with Crippen LogP contribution in [-0.4, -0.2) is 12.8 Å². The van der Waals surface area contributed by atoms with Gasteiger partial charge in [0.05, 0.1) is 11.6 Å². The average molecular weight is 196 g/mol. The van der Waals surface area contributed by atoms with Gasteiger partial charge >= 0.3 is 0 Å². The molecule has 0 aliphatic carbocycles. The molecule has 0 atom stereocenters. The van der Waals surface area contributed by atoms with Crippen molar-refractivity contribution in [2.45, 2.75) is 12.8 Å². The van der Waals surface area contributed by atoms with Crippen LogP contribution in [0.2, 0.25) is 0 Å². The number of rotatable bonds is 1. The molecule has 0 radical (unpaired) electrons. The Balaban J connectivity index is 2.20. The summed E-state index contributed by atoms with van der Waals surface area (Å²) < 4.78 is 0. The van der Waals surface area contributed by atoms with Crippen LogP contribution in [0.5, 0.6) is 0 Å². The first-order valence-electron chi connectivity index (χ1n) is 5.09. The summed E-state index contributed by atoms with van der Waals surface area (Å²) in [6.45, 7) is 0.949. The van der Waals surface area contributed by atoms with Gasteiger partial charge in [-0.3, -0.25) is 4.99 Å². The van der Waals surface area contributed by atoms with Gasteiger partial charge in [-0.15, -0.1) is 0 Å². The summed E-state index contributed by atoms with van der Waals surface area (Å²) in [5, 5.41) is 8.66. The van der Waals surface area contributed by atoms with E-state index in [0.29, 0.717) is 5.56 Å². The highest BCUT2D eigenvalue weighted by Crippen LogP contribution is 2.13. The molecule has 1 aromatic rings. The Morgan fingerprint density at radius 3 is 2.67 bits per heavy atom. The molecule has 74 valence electrons. The predicted octanol–water partition coefficient (Wildman–Crippen LogP) is 2.81. The van der Waals surface area contributed by atoms with Crippen LogP contribution in [-0.2, 0) is 0 Å². The number of aliphatic imine (C=N–C) groups is 1. The van der Waals surface area contributed by atoms with Crippen LogP contribution in [0.3, 0.4) is 0 Å². The molecule has 2 rings (SSSR count). The lowest BCUT2D eigenvalue weighted by molar-refractivity contribution is 0.826. The summed E-state index contributed by atoms with van der Waals surface area (Å²) in [5.74, 6) is 0. The Hall–Kier alpha value is -1.88. The molecule has 1 aromatic carbocycles. The van der Waals surface area contributed by atoms with Crippen LogP contribution in [0.25, 0.3) is 6.08 Å². The quantitative estimate of drug-likeness (QED) is 0.680. The lowest BCUT2D eigenvalue weighted by Crippen LogP contribution is -1.96. The van der Waals surface area contributed by atoms with Crippen LogP contribution >= 0.6 is 0 Å². The molecule has 0 spiro atoms. The first kappa shape index (κ1) is 9.67. The molecule has 1 heterocycles. The molecular formula is C13H12N2. The summed E-state index contributed by atoms with van der Waals surface area (Å²) in [5.41, 5.74) is 3.11. The highest BCUT2D eigenvalue weighted by molar-refractivity contribution is 5.86. The lowest BCUT2D eigenvalue weighted by atomic mass is 10.0. The minimum Gasteiger partial charge on any atom is -0.293 e.